The molecule has 3 N–H and O–H groups in total. The van der Waals surface area contributed by atoms with Crippen LogP contribution in [-0.4, -0.2) is 30.2 Å². The lowest BCUT2D eigenvalue weighted by Crippen LogP contribution is -2.47. The summed E-state index contributed by atoms with van der Waals surface area (Å²) in [6.45, 7) is 3.34. The van der Waals surface area contributed by atoms with Gasteiger partial charge in [0.25, 0.3) is 0 Å². The zero-order valence-corrected chi connectivity index (χ0v) is 10.9. The Kier molecular flexibility index (Phi) is 3.50. The highest BCUT2D eigenvalue weighted by molar-refractivity contribution is 5.74. The Morgan fingerprint density at radius 3 is 2.17 bits per heavy atom. The first-order valence-corrected chi connectivity index (χ1v) is 6.67. The third kappa shape index (κ3) is 3.37. The van der Waals surface area contributed by atoms with Crippen molar-refractivity contribution in [3.05, 3.63) is 0 Å². The largest absolute Gasteiger partial charge is 0.481 e. The van der Waals surface area contributed by atoms with Crippen molar-refractivity contribution in [3.8, 4) is 0 Å². The van der Waals surface area contributed by atoms with Crippen LogP contribution in [-0.2, 0) is 4.79 Å². The molecule has 0 atom stereocenters. The smallest absolute Gasteiger partial charge is 0.314 e. The molecule has 2 rings (SSSR count). The summed E-state index contributed by atoms with van der Waals surface area (Å²) in [4.78, 5) is 22.4. The van der Waals surface area contributed by atoms with Crippen LogP contribution in [0.1, 0.15) is 45.4 Å². The summed E-state index contributed by atoms with van der Waals surface area (Å²) in [5.41, 5.74) is 0.0964. The van der Waals surface area contributed by atoms with Gasteiger partial charge in [0.1, 0.15) is 0 Å². The predicted octanol–water partition coefficient (Wildman–Crippen LogP) is 1.73. The Morgan fingerprint density at radius 2 is 1.72 bits per heavy atom. The fraction of sp³-hybridized carbons (Fsp3) is 0.846. The summed E-state index contributed by atoms with van der Waals surface area (Å²) in [5.74, 6) is -0.776. The van der Waals surface area contributed by atoms with Crippen LogP contribution in [0.3, 0.4) is 0 Å². The van der Waals surface area contributed by atoms with E-state index in [0.717, 1.165) is 19.3 Å². The van der Waals surface area contributed by atoms with Crippen LogP contribution in [0.4, 0.5) is 4.79 Å². The maximum atomic E-state index is 11.6. The van der Waals surface area contributed by atoms with Crippen molar-refractivity contribution < 1.29 is 14.7 Å². The van der Waals surface area contributed by atoms with Crippen LogP contribution < -0.4 is 10.6 Å². The zero-order valence-electron chi connectivity index (χ0n) is 10.9. The third-order valence-electron chi connectivity index (χ3n) is 4.34. The minimum absolute atomic E-state index is 0.158. The van der Waals surface area contributed by atoms with Crippen molar-refractivity contribution >= 4 is 12.0 Å². The SMILES string of the molecule is CC1(CNC(=O)NCC2(CC(=O)O)CCC2)CC1. The molecule has 5 nitrogen and oxygen atoms in total. The number of carbonyl (C=O) groups excluding carboxylic acids is 1. The van der Waals surface area contributed by atoms with Gasteiger partial charge >= 0.3 is 12.0 Å². The van der Waals surface area contributed by atoms with Gasteiger partial charge in [0.2, 0.25) is 0 Å². The minimum atomic E-state index is -0.776. The second kappa shape index (κ2) is 4.78. The molecule has 18 heavy (non-hydrogen) atoms. The second-order valence-electron chi connectivity index (χ2n) is 6.27. The molecular weight excluding hydrogens is 232 g/mol. The minimum Gasteiger partial charge on any atom is -0.481 e. The lowest BCUT2D eigenvalue weighted by molar-refractivity contribution is -0.141. The summed E-state index contributed by atoms with van der Waals surface area (Å²) in [5, 5.41) is 14.5. The number of carboxylic acids is 1. The molecule has 0 heterocycles. The van der Waals surface area contributed by atoms with E-state index in [1.807, 2.05) is 0 Å². The van der Waals surface area contributed by atoms with Crippen LogP contribution in [0, 0.1) is 10.8 Å². The van der Waals surface area contributed by atoms with Crippen LogP contribution in [0.15, 0.2) is 0 Å². The van der Waals surface area contributed by atoms with Crippen LogP contribution in [0.2, 0.25) is 0 Å². The van der Waals surface area contributed by atoms with Gasteiger partial charge in [-0.1, -0.05) is 13.3 Å². The van der Waals surface area contributed by atoms with Crippen LogP contribution >= 0.6 is 0 Å². The number of carbonyl (C=O) groups is 2. The summed E-state index contributed by atoms with van der Waals surface area (Å²) in [6.07, 6.45) is 5.38. The van der Waals surface area contributed by atoms with E-state index in [1.54, 1.807) is 0 Å². The molecule has 2 amide bonds. The van der Waals surface area contributed by atoms with E-state index in [1.165, 1.54) is 12.8 Å². The van der Waals surface area contributed by atoms with Gasteiger partial charge in [-0.15, -0.1) is 0 Å². The number of amides is 2. The maximum Gasteiger partial charge on any atom is 0.314 e. The van der Waals surface area contributed by atoms with Crippen LogP contribution in [0.25, 0.3) is 0 Å². The third-order valence-corrected chi connectivity index (χ3v) is 4.34. The summed E-state index contributed by atoms with van der Waals surface area (Å²) >= 11 is 0. The number of urea groups is 1. The standard InChI is InChI=1S/C13H22N2O3/c1-12(5-6-12)8-14-11(18)15-9-13(3-2-4-13)7-10(16)17/h2-9H2,1H3,(H,16,17)(H2,14,15,18). The number of carboxylic acid groups (broad SMARTS) is 1. The number of rotatable bonds is 6. The molecule has 0 aromatic rings. The summed E-state index contributed by atoms with van der Waals surface area (Å²) in [6, 6.07) is -0.167. The van der Waals surface area contributed by atoms with E-state index < -0.39 is 5.97 Å². The lowest BCUT2D eigenvalue weighted by Gasteiger charge is -2.40. The molecule has 2 aliphatic rings. The van der Waals surface area contributed by atoms with Gasteiger partial charge in [-0.3, -0.25) is 4.79 Å². The average molecular weight is 254 g/mol. The molecule has 0 aliphatic heterocycles. The predicted molar refractivity (Wildman–Crippen MR) is 67.3 cm³/mol. The van der Waals surface area contributed by atoms with E-state index in [-0.39, 0.29) is 17.9 Å². The van der Waals surface area contributed by atoms with Crippen molar-refractivity contribution in [3.63, 3.8) is 0 Å². The first-order valence-electron chi connectivity index (χ1n) is 6.67. The molecule has 0 bridgehead atoms. The molecular formula is C13H22N2O3. The number of aliphatic carboxylic acids is 1. The molecule has 0 spiro atoms. The summed E-state index contributed by atoms with van der Waals surface area (Å²) in [7, 11) is 0. The highest BCUT2D eigenvalue weighted by Crippen LogP contribution is 2.44. The maximum absolute atomic E-state index is 11.6. The lowest BCUT2D eigenvalue weighted by atomic mass is 9.66. The molecule has 2 fully saturated rings. The van der Waals surface area contributed by atoms with Gasteiger partial charge in [0.05, 0.1) is 6.42 Å². The van der Waals surface area contributed by atoms with Crippen LogP contribution in [0.5, 0.6) is 0 Å². The van der Waals surface area contributed by atoms with Gasteiger partial charge in [-0.25, -0.2) is 4.79 Å². The normalized spacial score (nSPS) is 22.7. The second-order valence-corrected chi connectivity index (χ2v) is 6.27. The average Bonchev–Trinajstić information content (AvgIpc) is 2.98. The van der Waals surface area contributed by atoms with Gasteiger partial charge in [0, 0.05) is 13.1 Å². The van der Waals surface area contributed by atoms with E-state index in [2.05, 4.69) is 17.6 Å². The van der Waals surface area contributed by atoms with Gasteiger partial charge in [-0.05, 0) is 36.5 Å². The van der Waals surface area contributed by atoms with E-state index in [9.17, 15) is 9.59 Å². The Labute approximate surface area is 107 Å². The summed E-state index contributed by atoms with van der Waals surface area (Å²) < 4.78 is 0. The monoisotopic (exact) mass is 254 g/mol. The van der Waals surface area contributed by atoms with Gasteiger partial charge in [-0.2, -0.15) is 0 Å². The Bertz CT molecular complexity index is 346. The Hall–Kier alpha value is -1.26. The van der Waals surface area contributed by atoms with E-state index >= 15 is 0 Å². The zero-order chi connectivity index (χ0) is 13.2. The molecule has 0 aromatic carbocycles. The molecule has 0 aromatic heterocycles. The first-order chi connectivity index (χ1) is 8.43. The molecule has 0 unspecified atom stereocenters. The molecule has 2 saturated carbocycles. The first kappa shape index (κ1) is 13.2. The molecule has 0 radical (unpaired) electrons. The van der Waals surface area contributed by atoms with Crippen molar-refractivity contribution in [2.24, 2.45) is 10.8 Å². The Balaban J connectivity index is 1.69. The molecule has 2 aliphatic carbocycles. The topological polar surface area (TPSA) is 78.4 Å². The fourth-order valence-corrected chi connectivity index (χ4v) is 2.43. The molecule has 5 heteroatoms. The molecule has 102 valence electrons. The van der Waals surface area contributed by atoms with Gasteiger partial charge in [0.15, 0.2) is 0 Å². The quantitative estimate of drug-likeness (QED) is 0.675. The Morgan fingerprint density at radius 1 is 1.11 bits per heavy atom. The number of hydrogen-bond acceptors (Lipinski definition) is 2. The number of nitrogens with one attached hydrogen (secondary N) is 2. The van der Waals surface area contributed by atoms with E-state index in [4.69, 9.17) is 5.11 Å². The van der Waals surface area contributed by atoms with Crippen molar-refractivity contribution in [2.45, 2.75) is 45.4 Å². The van der Waals surface area contributed by atoms with E-state index in [0.29, 0.717) is 18.5 Å². The van der Waals surface area contributed by atoms with Gasteiger partial charge < -0.3 is 15.7 Å². The van der Waals surface area contributed by atoms with Crippen molar-refractivity contribution in [2.75, 3.05) is 13.1 Å². The molecule has 0 saturated heterocycles. The highest BCUT2D eigenvalue weighted by Gasteiger charge is 2.40. The highest BCUT2D eigenvalue weighted by atomic mass is 16.4. The van der Waals surface area contributed by atoms with Crippen molar-refractivity contribution in [1.82, 2.24) is 10.6 Å². The fourth-order valence-electron chi connectivity index (χ4n) is 2.43. The van der Waals surface area contributed by atoms with Crippen molar-refractivity contribution in [1.29, 1.82) is 0 Å². The number of hydrogen-bond donors (Lipinski definition) is 3.